The maximum Gasteiger partial charge on any atom is 0.239 e. The Morgan fingerprint density at radius 3 is 2.56 bits per heavy atom. The van der Waals surface area contributed by atoms with Gasteiger partial charge in [-0.25, -0.2) is 4.98 Å². The highest BCUT2D eigenvalue weighted by Gasteiger charge is 2.31. The van der Waals surface area contributed by atoms with E-state index in [1.165, 1.54) is 11.1 Å². The van der Waals surface area contributed by atoms with Crippen molar-refractivity contribution < 1.29 is 9.21 Å². The minimum absolute atomic E-state index is 0.140. The summed E-state index contributed by atoms with van der Waals surface area (Å²) in [6, 6.07) is 8.25. The van der Waals surface area contributed by atoms with Crippen molar-refractivity contribution in [1.29, 1.82) is 0 Å². The summed E-state index contributed by atoms with van der Waals surface area (Å²) in [5.74, 6) is 1.21. The summed E-state index contributed by atoms with van der Waals surface area (Å²) < 4.78 is 5.51. The van der Waals surface area contributed by atoms with Gasteiger partial charge in [0.05, 0.1) is 11.7 Å². The Bertz CT molecular complexity index is 721. The molecule has 1 saturated heterocycles. The number of benzene rings is 1. The van der Waals surface area contributed by atoms with Crippen LogP contribution in [0.4, 0.5) is 0 Å². The monoisotopic (exact) mass is 341 g/mol. The molecule has 3 rings (SSSR count). The lowest BCUT2D eigenvalue weighted by Gasteiger charge is -2.38. The van der Waals surface area contributed by atoms with E-state index >= 15 is 0 Å². The smallest absolute Gasteiger partial charge is 0.239 e. The molecule has 134 valence electrons. The summed E-state index contributed by atoms with van der Waals surface area (Å²) in [5.41, 5.74) is 3.31. The van der Waals surface area contributed by atoms with Gasteiger partial charge >= 0.3 is 0 Å². The third-order valence-electron chi connectivity index (χ3n) is 4.80. The van der Waals surface area contributed by atoms with Crippen LogP contribution in [0.2, 0.25) is 0 Å². The third-order valence-corrected chi connectivity index (χ3v) is 4.80. The van der Waals surface area contributed by atoms with Crippen LogP contribution in [0.3, 0.4) is 0 Å². The second kappa shape index (κ2) is 7.40. The molecule has 1 amide bonds. The molecule has 0 spiro atoms. The molecule has 1 aromatic heterocycles. The minimum Gasteiger partial charge on any atom is -0.448 e. The maximum atomic E-state index is 12.8. The van der Waals surface area contributed by atoms with E-state index in [0.29, 0.717) is 13.1 Å². The van der Waals surface area contributed by atoms with Gasteiger partial charge in [-0.05, 0) is 19.4 Å². The van der Waals surface area contributed by atoms with Gasteiger partial charge in [-0.15, -0.1) is 0 Å². The van der Waals surface area contributed by atoms with E-state index in [-0.39, 0.29) is 17.9 Å². The molecule has 1 aliphatic rings. The maximum absolute atomic E-state index is 12.8. The molecular weight excluding hydrogens is 314 g/mol. The van der Waals surface area contributed by atoms with Gasteiger partial charge in [0.15, 0.2) is 5.89 Å². The molecule has 1 atom stereocenters. The molecule has 2 heterocycles. The van der Waals surface area contributed by atoms with Crippen LogP contribution in [0.5, 0.6) is 0 Å². The van der Waals surface area contributed by atoms with Crippen molar-refractivity contribution in [3.05, 3.63) is 53.2 Å². The number of hydrogen-bond donors (Lipinski definition) is 0. The number of aromatic nitrogens is 1. The predicted molar refractivity (Wildman–Crippen MR) is 97.1 cm³/mol. The van der Waals surface area contributed by atoms with E-state index in [4.69, 9.17) is 4.42 Å². The van der Waals surface area contributed by atoms with Crippen molar-refractivity contribution in [2.75, 3.05) is 13.1 Å². The molecule has 1 aromatic carbocycles. The molecule has 25 heavy (non-hydrogen) atoms. The summed E-state index contributed by atoms with van der Waals surface area (Å²) in [6.07, 6.45) is 1.71. The first-order chi connectivity index (χ1) is 11.9. The summed E-state index contributed by atoms with van der Waals surface area (Å²) in [7, 11) is 0. The Hall–Kier alpha value is -2.14. The number of hydrogen-bond acceptors (Lipinski definition) is 4. The zero-order chi connectivity index (χ0) is 18.0. The highest BCUT2D eigenvalue weighted by Crippen LogP contribution is 2.19. The summed E-state index contributed by atoms with van der Waals surface area (Å²) in [6.45, 7) is 11.1. The van der Waals surface area contributed by atoms with Gasteiger partial charge in [0, 0.05) is 32.1 Å². The molecule has 0 N–H and O–H groups in total. The zero-order valence-corrected chi connectivity index (χ0v) is 15.5. The van der Waals surface area contributed by atoms with Crippen LogP contribution in [0.25, 0.3) is 0 Å². The van der Waals surface area contributed by atoms with Gasteiger partial charge in [0.2, 0.25) is 5.91 Å². The molecule has 5 nitrogen and oxygen atoms in total. The fourth-order valence-electron chi connectivity index (χ4n) is 3.13. The predicted octanol–water partition coefficient (Wildman–Crippen LogP) is 3.34. The van der Waals surface area contributed by atoms with Crippen molar-refractivity contribution in [1.82, 2.24) is 14.8 Å². The van der Waals surface area contributed by atoms with Crippen molar-refractivity contribution in [2.45, 2.75) is 52.7 Å². The molecule has 5 heteroatoms. The molecule has 0 saturated carbocycles. The lowest BCUT2D eigenvalue weighted by atomic mass is 10.1. The number of oxazole rings is 1. The number of nitrogens with zero attached hydrogens (tertiary/aromatic N) is 3. The van der Waals surface area contributed by atoms with Crippen molar-refractivity contribution in [3.63, 3.8) is 0 Å². The van der Waals surface area contributed by atoms with E-state index in [1.807, 2.05) is 11.8 Å². The largest absolute Gasteiger partial charge is 0.448 e. The van der Waals surface area contributed by atoms with Gasteiger partial charge in [0.1, 0.15) is 6.26 Å². The van der Waals surface area contributed by atoms with E-state index in [9.17, 15) is 4.79 Å². The van der Waals surface area contributed by atoms with E-state index in [2.05, 4.69) is 54.9 Å². The number of amides is 1. The lowest BCUT2D eigenvalue weighted by molar-refractivity contribution is -0.142. The van der Waals surface area contributed by atoms with Gasteiger partial charge in [-0.3, -0.25) is 9.69 Å². The molecule has 1 fully saturated rings. The van der Waals surface area contributed by atoms with Crippen molar-refractivity contribution >= 4 is 5.91 Å². The third kappa shape index (κ3) is 4.10. The molecule has 0 radical (unpaired) electrons. The second-order valence-electron chi connectivity index (χ2n) is 7.22. The van der Waals surface area contributed by atoms with Crippen LogP contribution in [-0.2, 0) is 17.9 Å². The Morgan fingerprint density at radius 2 is 1.92 bits per heavy atom. The summed E-state index contributed by atoms with van der Waals surface area (Å²) in [5, 5.41) is 0. The second-order valence-corrected chi connectivity index (χ2v) is 7.22. The fourth-order valence-corrected chi connectivity index (χ4v) is 3.13. The quantitative estimate of drug-likeness (QED) is 0.837. The van der Waals surface area contributed by atoms with Gasteiger partial charge in [-0.1, -0.05) is 43.7 Å². The molecule has 0 aliphatic carbocycles. The van der Waals surface area contributed by atoms with Crippen LogP contribution in [0, 0.1) is 6.92 Å². The number of carbonyl (C=O) groups is 1. The lowest BCUT2D eigenvalue weighted by Crippen LogP contribution is -2.54. The van der Waals surface area contributed by atoms with Crippen LogP contribution < -0.4 is 0 Å². The first-order valence-corrected chi connectivity index (χ1v) is 8.96. The molecule has 0 bridgehead atoms. The normalized spacial score (nSPS) is 19.0. The van der Waals surface area contributed by atoms with E-state index in [1.54, 1.807) is 6.26 Å². The van der Waals surface area contributed by atoms with E-state index in [0.717, 1.165) is 24.7 Å². The Kier molecular flexibility index (Phi) is 5.23. The van der Waals surface area contributed by atoms with Crippen molar-refractivity contribution in [3.8, 4) is 0 Å². The number of piperazine rings is 1. The molecule has 1 aliphatic heterocycles. The molecule has 2 aromatic rings. The Morgan fingerprint density at radius 1 is 1.20 bits per heavy atom. The summed E-state index contributed by atoms with van der Waals surface area (Å²) in [4.78, 5) is 21.4. The highest BCUT2D eigenvalue weighted by molar-refractivity contribution is 5.82. The van der Waals surface area contributed by atoms with Gasteiger partial charge < -0.3 is 9.32 Å². The molecular formula is C20H27N3O2. The topological polar surface area (TPSA) is 49.6 Å². The van der Waals surface area contributed by atoms with E-state index < -0.39 is 0 Å². The zero-order valence-electron chi connectivity index (χ0n) is 15.5. The number of rotatable bonds is 5. The van der Waals surface area contributed by atoms with Crippen molar-refractivity contribution in [2.24, 2.45) is 0 Å². The van der Waals surface area contributed by atoms with Crippen LogP contribution in [0.1, 0.15) is 49.4 Å². The average molecular weight is 341 g/mol. The first kappa shape index (κ1) is 17.7. The number of carbonyl (C=O) groups excluding carboxylic acids is 1. The van der Waals surface area contributed by atoms with Gasteiger partial charge in [0.25, 0.3) is 0 Å². The Balaban J connectivity index is 1.61. The summed E-state index contributed by atoms with van der Waals surface area (Å²) >= 11 is 0. The van der Waals surface area contributed by atoms with Crippen LogP contribution in [-0.4, -0.2) is 39.8 Å². The fraction of sp³-hybridized carbons (Fsp3) is 0.500. The minimum atomic E-state index is -0.140. The standard InChI is InChI=1S/C20H27N3O2/c1-14(2)19-21-18(13-25-19)12-22-9-10-23(20(24)16(22)4)11-17-7-5-15(3)6-8-17/h5-8,13-14,16H,9-12H2,1-4H3. The molecule has 1 unspecified atom stereocenters. The Labute approximate surface area is 149 Å². The van der Waals surface area contributed by atoms with Crippen LogP contribution >= 0.6 is 0 Å². The SMILES string of the molecule is Cc1ccc(CN2CCN(Cc3coc(C(C)C)n3)C(C)C2=O)cc1. The van der Waals surface area contributed by atoms with Crippen LogP contribution in [0.15, 0.2) is 34.9 Å². The number of aryl methyl sites for hydroxylation is 1. The highest BCUT2D eigenvalue weighted by atomic mass is 16.3. The van der Waals surface area contributed by atoms with Gasteiger partial charge in [-0.2, -0.15) is 0 Å². The average Bonchev–Trinajstić information content (AvgIpc) is 3.05. The first-order valence-electron chi connectivity index (χ1n) is 8.96.